The van der Waals surface area contributed by atoms with E-state index in [0.29, 0.717) is 23.1 Å². The Balaban J connectivity index is 2.88. The maximum absolute atomic E-state index is 6.01. The molecule has 3 N–H and O–H groups in total. The average molecular weight is 259 g/mol. The highest BCUT2D eigenvalue weighted by Gasteiger charge is 2.10. The molecular formula is C12H19ClN2O2. The van der Waals surface area contributed by atoms with Crippen LogP contribution in [-0.2, 0) is 0 Å². The van der Waals surface area contributed by atoms with E-state index in [1.54, 1.807) is 20.3 Å². The molecule has 17 heavy (non-hydrogen) atoms. The van der Waals surface area contributed by atoms with Crippen LogP contribution in [0.2, 0.25) is 5.02 Å². The first kappa shape index (κ1) is 13.9. The lowest BCUT2D eigenvalue weighted by Gasteiger charge is -2.16. The summed E-state index contributed by atoms with van der Waals surface area (Å²) < 4.78 is 10.4. The zero-order chi connectivity index (χ0) is 12.8. The van der Waals surface area contributed by atoms with Crippen LogP contribution in [0, 0.1) is 0 Å². The number of ether oxygens (including phenoxy) is 2. The van der Waals surface area contributed by atoms with E-state index in [-0.39, 0.29) is 6.04 Å². The van der Waals surface area contributed by atoms with Crippen molar-refractivity contribution in [3.63, 3.8) is 0 Å². The lowest BCUT2D eigenvalue weighted by Crippen LogP contribution is -2.28. The molecule has 0 bridgehead atoms. The molecule has 1 atom stereocenters. The van der Waals surface area contributed by atoms with Crippen LogP contribution in [0.25, 0.3) is 0 Å². The molecule has 0 heterocycles. The molecule has 96 valence electrons. The van der Waals surface area contributed by atoms with Crippen molar-refractivity contribution in [1.82, 2.24) is 0 Å². The van der Waals surface area contributed by atoms with Crippen LogP contribution < -0.4 is 20.5 Å². The molecule has 0 spiro atoms. The smallest absolute Gasteiger partial charge is 0.143 e. The zero-order valence-electron chi connectivity index (χ0n) is 10.4. The number of methoxy groups -OCH3 is 2. The fraction of sp³-hybridized carbons (Fsp3) is 0.500. The third-order valence-corrected chi connectivity index (χ3v) is 2.85. The van der Waals surface area contributed by atoms with Gasteiger partial charge in [-0.25, -0.2) is 0 Å². The molecular weight excluding hydrogens is 240 g/mol. The summed E-state index contributed by atoms with van der Waals surface area (Å²) >= 11 is 6.01. The van der Waals surface area contributed by atoms with E-state index < -0.39 is 0 Å². The number of hydrogen-bond donors (Lipinski definition) is 2. The van der Waals surface area contributed by atoms with Gasteiger partial charge < -0.3 is 20.5 Å². The fourth-order valence-corrected chi connectivity index (χ4v) is 1.61. The van der Waals surface area contributed by atoms with E-state index in [0.717, 1.165) is 12.1 Å². The summed E-state index contributed by atoms with van der Waals surface area (Å²) in [6.07, 6.45) is 0.917. The first-order valence-electron chi connectivity index (χ1n) is 5.53. The van der Waals surface area contributed by atoms with Crippen LogP contribution in [-0.4, -0.2) is 26.8 Å². The summed E-state index contributed by atoms with van der Waals surface area (Å²) in [5, 5.41) is 3.75. The Bertz CT molecular complexity index is 372. The van der Waals surface area contributed by atoms with Crippen molar-refractivity contribution < 1.29 is 9.47 Å². The largest absolute Gasteiger partial charge is 0.495 e. The van der Waals surface area contributed by atoms with Gasteiger partial charge in [-0.2, -0.15) is 0 Å². The molecule has 0 amide bonds. The number of nitrogens with two attached hydrogens (primary N) is 1. The minimum absolute atomic E-state index is 0.112. The van der Waals surface area contributed by atoms with E-state index in [9.17, 15) is 0 Å². The van der Waals surface area contributed by atoms with Crippen LogP contribution in [0.15, 0.2) is 12.1 Å². The van der Waals surface area contributed by atoms with Gasteiger partial charge in [0.25, 0.3) is 0 Å². The zero-order valence-corrected chi connectivity index (χ0v) is 11.2. The molecule has 1 unspecified atom stereocenters. The molecule has 1 aromatic rings. The van der Waals surface area contributed by atoms with E-state index >= 15 is 0 Å². The summed E-state index contributed by atoms with van der Waals surface area (Å²) in [6, 6.07) is 3.64. The Hall–Kier alpha value is -1.13. The Morgan fingerprint density at radius 1 is 1.29 bits per heavy atom. The van der Waals surface area contributed by atoms with Crippen molar-refractivity contribution in [2.24, 2.45) is 5.73 Å². The molecule has 0 saturated carbocycles. The first-order valence-corrected chi connectivity index (χ1v) is 5.91. The Kier molecular flexibility index (Phi) is 5.38. The highest BCUT2D eigenvalue weighted by molar-refractivity contribution is 6.32. The van der Waals surface area contributed by atoms with Gasteiger partial charge >= 0.3 is 0 Å². The van der Waals surface area contributed by atoms with Crippen molar-refractivity contribution in [2.75, 3.05) is 26.1 Å². The predicted molar refractivity (Wildman–Crippen MR) is 71.3 cm³/mol. The third kappa shape index (κ3) is 3.68. The van der Waals surface area contributed by atoms with Crippen molar-refractivity contribution in [1.29, 1.82) is 0 Å². The summed E-state index contributed by atoms with van der Waals surface area (Å²) in [4.78, 5) is 0. The molecule has 0 aliphatic carbocycles. The maximum Gasteiger partial charge on any atom is 0.143 e. The normalized spacial score (nSPS) is 12.1. The monoisotopic (exact) mass is 258 g/mol. The second kappa shape index (κ2) is 6.57. The summed E-state index contributed by atoms with van der Waals surface area (Å²) in [5.41, 5.74) is 6.68. The highest BCUT2D eigenvalue weighted by Crippen LogP contribution is 2.35. The van der Waals surface area contributed by atoms with Gasteiger partial charge in [-0.15, -0.1) is 0 Å². The maximum atomic E-state index is 6.01. The molecule has 0 aliphatic rings. The lowest BCUT2D eigenvalue weighted by atomic mass is 10.2. The van der Waals surface area contributed by atoms with Crippen molar-refractivity contribution in [3.05, 3.63) is 17.2 Å². The topological polar surface area (TPSA) is 56.5 Å². The molecule has 0 saturated heterocycles. The van der Waals surface area contributed by atoms with E-state index in [4.69, 9.17) is 26.8 Å². The number of nitrogens with one attached hydrogen (secondary N) is 1. The summed E-state index contributed by atoms with van der Waals surface area (Å²) in [6.45, 7) is 2.73. The van der Waals surface area contributed by atoms with E-state index in [1.807, 2.05) is 13.0 Å². The van der Waals surface area contributed by atoms with Crippen LogP contribution >= 0.6 is 11.6 Å². The van der Waals surface area contributed by atoms with Crippen LogP contribution in [0.5, 0.6) is 11.5 Å². The summed E-state index contributed by atoms with van der Waals surface area (Å²) in [7, 11) is 3.18. The van der Waals surface area contributed by atoms with Crippen molar-refractivity contribution in [3.8, 4) is 11.5 Å². The quantitative estimate of drug-likeness (QED) is 0.823. The first-order chi connectivity index (χ1) is 8.12. The fourth-order valence-electron chi connectivity index (χ4n) is 1.38. The molecule has 0 aliphatic heterocycles. The number of anilines is 1. The average Bonchev–Trinajstić information content (AvgIpc) is 2.36. The van der Waals surface area contributed by atoms with Gasteiger partial charge in [-0.05, 0) is 6.42 Å². The minimum Gasteiger partial charge on any atom is -0.495 e. The number of halogens is 1. The van der Waals surface area contributed by atoms with Crippen LogP contribution in [0.1, 0.15) is 13.3 Å². The van der Waals surface area contributed by atoms with Crippen LogP contribution in [0.3, 0.4) is 0 Å². The molecule has 5 heteroatoms. The SMILES string of the molecule is CCC(N)CNc1cc(OC)c(Cl)cc1OC. The predicted octanol–water partition coefficient (Wildman–Crippen LogP) is 2.51. The highest BCUT2D eigenvalue weighted by atomic mass is 35.5. The Labute approximate surface area is 107 Å². The lowest BCUT2D eigenvalue weighted by molar-refractivity contribution is 0.404. The van der Waals surface area contributed by atoms with Gasteiger partial charge in [-0.3, -0.25) is 0 Å². The standard InChI is InChI=1S/C12H19ClN2O2/c1-4-8(14)7-15-10-6-11(16-2)9(13)5-12(10)17-3/h5-6,8,15H,4,7,14H2,1-3H3. The van der Waals surface area contributed by atoms with Crippen molar-refractivity contribution >= 4 is 17.3 Å². The molecule has 0 radical (unpaired) electrons. The molecule has 1 aromatic carbocycles. The molecule has 1 rings (SSSR count). The minimum atomic E-state index is 0.112. The second-order valence-corrected chi connectivity index (χ2v) is 4.14. The van der Waals surface area contributed by atoms with Crippen molar-refractivity contribution in [2.45, 2.75) is 19.4 Å². The Morgan fingerprint density at radius 2 is 1.94 bits per heavy atom. The van der Waals surface area contributed by atoms with E-state index in [1.165, 1.54) is 0 Å². The van der Waals surface area contributed by atoms with Gasteiger partial charge in [0.15, 0.2) is 0 Å². The van der Waals surface area contributed by atoms with Gasteiger partial charge in [0.05, 0.1) is 24.9 Å². The molecule has 0 aromatic heterocycles. The molecule has 4 nitrogen and oxygen atoms in total. The van der Waals surface area contributed by atoms with Gasteiger partial charge in [-0.1, -0.05) is 18.5 Å². The second-order valence-electron chi connectivity index (χ2n) is 3.74. The van der Waals surface area contributed by atoms with E-state index in [2.05, 4.69) is 5.32 Å². The summed E-state index contributed by atoms with van der Waals surface area (Å²) in [5.74, 6) is 1.29. The number of benzene rings is 1. The van der Waals surface area contributed by atoms with Gasteiger partial charge in [0.1, 0.15) is 11.5 Å². The van der Waals surface area contributed by atoms with Crippen LogP contribution in [0.4, 0.5) is 5.69 Å². The third-order valence-electron chi connectivity index (χ3n) is 2.55. The number of rotatable bonds is 6. The van der Waals surface area contributed by atoms with Gasteiger partial charge in [0.2, 0.25) is 0 Å². The van der Waals surface area contributed by atoms with Gasteiger partial charge in [0, 0.05) is 24.7 Å². The Morgan fingerprint density at radius 3 is 2.47 bits per heavy atom. The molecule has 0 fully saturated rings. The number of hydrogen-bond acceptors (Lipinski definition) is 4.